The van der Waals surface area contributed by atoms with E-state index in [0.717, 1.165) is 22.3 Å². The monoisotopic (exact) mass is 468 g/mol. The van der Waals surface area contributed by atoms with Crippen LogP contribution < -0.4 is 5.32 Å². The Balaban J connectivity index is 1.47. The lowest BCUT2D eigenvalue weighted by molar-refractivity contribution is -0.149. The number of carboxylic acids is 1. The van der Waals surface area contributed by atoms with E-state index in [2.05, 4.69) is 17.4 Å². The zero-order chi connectivity index (χ0) is 23.8. The van der Waals surface area contributed by atoms with Crippen molar-refractivity contribution in [3.8, 4) is 11.1 Å². The molecule has 2 aliphatic rings. The largest absolute Gasteiger partial charge is 0.480 e. The van der Waals surface area contributed by atoms with Crippen molar-refractivity contribution in [2.75, 3.05) is 18.2 Å². The number of nitrogens with zero attached hydrogens (tertiary/aromatic N) is 1. The number of alkyl carbamates (subject to hydrolysis) is 1. The third kappa shape index (κ3) is 4.57. The van der Waals surface area contributed by atoms with Crippen LogP contribution in [0.3, 0.4) is 0 Å². The number of benzene rings is 2. The number of hydrogen-bond acceptors (Lipinski definition) is 5. The van der Waals surface area contributed by atoms with Gasteiger partial charge < -0.3 is 20.1 Å². The lowest BCUT2D eigenvalue weighted by atomic mass is 9.85. The lowest BCUT2D eigenvalue weighted by Crippen LogP contribution is -2.57. The van der Waals surface area contributed by atoms with Gasteiger partial charge in [0.1, 0.15) is 18.7 Å². The molecule has 2 aromatic carbocycles. The molecule has 2 atom stereocenters. The molecule has 8 heteroatoms. The molecule has 174 valence electrons. The first-order valence-electron chi connectivity index (χ1n) is 10.9. The van der Waals surface area contributed by atoms with Gasteiger partial charge in [0.25, 0.3) is 0 Å². The molecule has 0 bridgehead atoms. The summed E-state index contributed by atoms with van der Waals surface area (Å²) in [5.41, 5.74) is 3.85. The normalized spacial score (nSPS) is 18.4. The molecule has 7 nitrogen and oxygen atoms in total. The molecule has 1 unspecified atom stereocenters. The molecule has 4 rings (SSSR count). The minimum Gasteiger partial charge on any atom is -0.480 e. The zero-order valence-corrected chi connectivity index (χ0v) is 19.7. The van der Waals surface area contributed by atoms with Crippen molar-refractivity contribution in [1.29, 1.82) is 0 Å². The highest BCUT2D eigenvalue weighted by atomic mass is 32.2. The average molecular weight is 469 g/mol. The van der Waals surface area contributed by atoms with Crippen LogP contribution in [0.4, 0.5) is 4.79 Å². The van der Waals surface area contributed by atoms with Gasteiger partial charge in [0, 0.05) is 11.7 Å². The van der Waals surface area contributed by atoms with Gasteiger partial charge in [-0.25, -0.2) is 9.59 Å². The molecule has 1 heterocycles. The quantitative estimate of drug-likeness (QED) is 0.690. The Bertz CT molecular complexity index is 1030. The van der Waals surface area contributed by atoms with Crippen LogP contribution >= 0.6 is 11.8 Å². The van der Waals surface area contributed by atoms with Gasteiger partial charge in [-0.3, -0.25) is 4.79 Å². The fourth-order valence-electron chi connectivity index (χ4n) is 4.44. The van der Waals surface area contributed by atoms with Crippen molar-refractivity contribution in [1.82, 2.24) is 10.2 Å². The maximum atomic E-state index is 13.2. The number of aliphatic carboxylic acids is 1. The lowest BCUT2D eigenvalue weighted by Gasteiger charge is -2.34. The summed E-state index contributed by atoms with van der Waals surface area (Å²) in [6.45, 7) is 5.64. The van der Waals surface area contributed by atoms with E-state index in [1.165, 1.54) is 16.7 Å². The van der Waals surface area contributed by atoms with Crippen LogP contribution in [0.15, 0.2) is 48.5 Å². The summed E-state index contributed by atoms with van der Waals surface area (Å²) in [4.78, 5) is 38.9. The van der Waals surface area contributed by atoms with Crippen molar-refractivity contribution in [3.63, 3.8) is 0 Å². The predicted molar refractivity (Wildman–Crippen MR) is 127 cm³/mol. The molecule has 1 saturated heterocycles. The summed E-state index contributed by atoms with van der Waals surface area (Å²) < 4.78 is 5.61. The number of carbonyl (C=O) groups excluding carboxylic acids is 2. The van der Waals surface area contributed by atoms with Gasteiger partial charge in [-0.15, -0.1) is 11.8 Å². The molecule has 0 spiro atoms. The first-order valence-corrected chi connectivity index (χ1v) is 12.1. The average Bonchev–Trinajstić information content (AvgIpc) is 3.38. The van der Waals surface area contributed by atoms with Crippen LogP contribution in [0.1, 0.15) is 37.8 Å². The molecule has 0 saturated carbocycles. The minimum atomic E-state index is -1.04. The Kier molecular flexibility index (Phi) is 6.38. The Morgan fingerprint density at radius 2 is 1.67 bits per heavy atom. The number of carboxylic acid groups (broad SMARTS) is 1. The van der Waals surface area contributed by atoms with E-state index in [4.69, 9.17) is 4.74 Å². The second kappa shape index (κ2) is 9.09. The van der Waals surface area contributed by atoms with E-state index < -0.39 is 35.5 Å². The topological polar surface area (TPSA) is 95.9 Å². The molecule has 2 N–H and O–H groups in total. The van der Waals surface area contributed by atoms with E-state index in [9.17, 15) is 19.5 Å². The molecule has 1 aliphatic carbocycles. The molecule has 33 heavy (non-hydrogen) atoms. The van der Waals surface area contributed by atoms with E-state index in [1.54, 1.807) is 0 Å². The number of thioether (sulfide) groups is 1. The number of fused-ring (bicyclic) bond motifs is 3. The summed E-state index contributed by atoms with van der Waals surface area (Å²) in [5, 5.41) is 12.2. The summed E-state index contributed by atoms with van der Waals surface area (Å²) >= 11 is 1.39. The third-order valence-electron chi connectivity index (χ3n) is 6.17. The van der Waals surface area contributed by atoms with Crippen LogP contribution in [0, 0.1) is 5.41 Å². The standard InChI is InChI=1S/C25H28N2O5S/c1-25(2,3)21(22(28)27-14-33-13-20(27)23(29)30)26-24(31)32-12-19-17-10-6-4-8-15(17)16-9-5-7-11-18(16)19/h4-11,19-21H,12-14H2,1-3H3,(H,26,31)(H,29,30)/t20-,21?/m0/s1. The smallest absolute Gasteiger partial charge is 0.407 e. The van der Waals surface area contributed by atoms with Crippen molar-refractivity contribution in [3.05, 3.63) is 59.7 Å². The summed E-state index contributed by atoms with van der Waals surface area (Å²) in [5.74, 6) is -0.911. The van der Waals surface area contributed by atoms with Crippen LogP contribution in [0.2, 0.25) is 0 Å². The molecular formula is C25H28N2O5S. The summed E-state index contributed by atoms with van der Waals surface area (Å²) in [6, 6.07) is 14.3. The van der Waals surface area contributed by atoms with Crippen LogP contribution in [-0.2, 0) is 14.3 Å². The fraction of sp³-hybridized carbons (Fsp3) is 0.400. The molecular weight excluding hydrogens is 440 g/mol. The highest BCUT2D eigenvalue weighted by Gasteiger charge is 2.42. The molecule has 2 amide bonds. The van der Waals surface area contributed by atoms with Gasteiger partial charge in [0.2, 0.25) is 5.91 Å². The molecule has 1 fully saturated rings. The van der Waals surface area contributed by atoms with Gasteiger partial charge >= 0.3 is 12.1 Å². The van der Waals surface area contributed by atoms with Crippen molar-refractivity contribution >= 4 is 29.7 Å². The van der Waals surface area contributed by atoms with Gasteiger partial charge in [0.05, 0.1) is 5.88 Å². The Morgan fingerprint density at radius 1 is 1.09 bits per heavy atom. The van der Waals surface area contributed by atoms with Crippen molar-refractivity contribution in [2.45, 2.75) is 38.8 Å². The molecule has 0 radical (unpaired) electrons. The van der Waals surface area contributed by atoms with Crippen LogP contribution in [-0.4, -0.2) is 58.3 Å². The third-order valence-corrected chi connectivity index (χ3v) is 7.18. The van der Waals surface area contributed by atoms with Crippen molar-refractivity contribution < 1.29 is 24.2 Å². The molecule has 2 aromatic rings. The number of ether oxygens (including phenoxy) is 1. The number of amides is 2. The molecule has 1 aliphatic heterocycles. The predicted octanol–water partition coefficient (Wildman–Crippen LogP) is 3.93. The highest BCUT2D eigenvalue weighted by Crippen LogP contribution is 2.44. The maximum absolute atomic E-state index is 13.2. The summed E-state index contributed by atoms with van der Waals surface area (Å²) in [6.07, 6.45) is -0.691. The Labute approximate surface area is 197 Å². The van der Waals surface area contributed by atoms with Gasteiger partial charge in [0.15, 0.2) is 0 Å². The van der Waals surface area contributed by atoms with E-state index >= 15 is 0 Å². The minimum absolute atomic E-state index is 0.0849. The van der Waals surface area contributed by atoms with Crippen LogP contribution in [0.5, 0.6) is 0 Å². The Hall–Kier alpha value is -3.00. The van der Waals surface area contributed by atoms with Crippen molar-refractivity contribution in [2.24, 2.45) is 5.41 Å². The first kappa shape index (κ1) is 23.2. The number of carbonyl (C=O) groups is 3. The summed E-state index contributed by atoms with van der Waals surface area (Å²) in [7, 11) is 0. The SMILES string of the molecule is CC(C)(C)C(NC(=O)OCC1c2ccccc2-c2ccccc21)C(=O)N1CSC[C@H]1C(=O)O. The van der Waals surface area contributed by atoms with Gasteiger partial charge in [-0.1, -0.05) is 69.3 Å². The second-order valence-electron chi connectivity index (χ2n) is 9.43. The first-order chi connectivity index (χ1) is 15.7. The number of rotatable bonds is 5. The zero-order valence-electron chi connectivity index (χ0n) is 18.9. The number of nitrogens with one attached hydrogen (secondary N) is 1. The fourth-order valence-corrected chi connectivity index (χ4v) is 5.59. The highest BCUT2D eigenvalue weighted by molar-refractivity contribution is 7.99. The van der Waals surface area contributed by atoms with E-state index in [0.29, 0.717) is 5.75 Å². The van der Waals surface area contributed by atoms with E-state index in [1.807, 2.05) is 57.2 Å². The maximum Gasteiger partial charge on any atom is 0.407 e. The Morgan fingerprint density at radius 3 is 2.21 bits per heavy atom. The number of hydrogen-bond donors (Lipinski definition) is 2. The molecule has 0 aromatic heterocycles. The second-order valence-corrected chi connectivity index (χ2v) is 10.4. The van der Waals surface area contributed by atoms with Gasteiger partial charge in [-0.05, 0) is 27.7 Å². The van der Waals surface area contributed by atoms with Gasteiger partial charge in [-0.2, -0.15) is 0 Å². The van der Waals surface area contributed by atoms with Crippen LogP contribution in [0.25, 0.3) is 11.1 Å². The van der Waals surface area contributed by atoms with E-state index in [-0.39, 0.29) is 18.4 Å².